The van der Waals surface area contributed by atoms with Crippen LogP contribution in [0.4, 0.5) is 0 Å². The van der Waals surface area contributed by atoms with Crippen LogP contribution in [0.1, 0.15) is 12.5 Å². The number of aromatic nitrogens is 1. The van der Waals surface area contributed by atoms with E-state index >= 15 is 0 Å². The molecule has 0 fully saturated rings. The molecule has 3 heteroatoms. The number of rotatable bonds is 3. The molecule has 0 aliphatic heterocycles. The Bertz CT molecular complexity index is 1030. The van der Waals surface area contributed by atoms with Crippen molar-refractivity contribution in [2.45, 2.75) is 13.5 Å². The molecule has 0 aliphatic carbocycles. The molecule has 4 aromatic rings. The van der Waals surface area contributed by atoms with Gasteiger partial charge in [-0.3, -0.25) is 4.79 Å². The minimum Gasteiger partial charge on any atom is -0.424 e. The Morgan fingerprint density at radius 3 is 2.38 bits per heavy atom. The summed E-state index contributed by atoms with van der Waals surface area (Å²) in [5.41, 5.74) is 3.30. The van der Waals surface area contributed by atoms with Crippen LogP contribution >= 0.6 is 0 Å². The molecule has 3 nitrogen and oxygen atoms in total. The molecular formula is C21H17NO2. The number of fused-ring (bicyclic) bond motifs is 3. The number of benzene rings is 3. The smallest absolute Gasteiger partial charge is 0.308 e. The maximum absolute atomic E-state index is 11.5. The molecule has 0 atom stereocenters. The fourth-order valence-corrected chi connectivity index (χ4v) is 3.24. The highest BCUT2D eigenvalue weighted by Crippen LogP contribution is 2.35. The second kappa shape index (κ2) is 5.85. The molecule has 0 aliphatic rings. The number of hydrogen-bond donors (Lipinski definition) is 0. The van der Waals surface area contributed by atoms with Crippen LogP contribution in [0.2, 0.25) is 0 Å². The fraction of sp³-hybridized carbons (Fsp3) is 0.0952. The van der Waals surface area contributed by atoms with Gasteiger partial charge in [0.15, 0.2) is 5.75 Å². The Hall–Kier alpha value is -3.07. The van der Waals surface area contributed by atoms with E-state index in [1.807, 2.05) is 42.5 Å². The number of hydrogen-bond acceptors (Lipinski definition) is 2. The van der Waals surface area contributed by atoms with Crippen molar-refractivity contribution >= 4 is 27.8 Å². The maximum atomic E-state index is 11.5. The SMILES string of the molecule is CC(=O)Oc1cccc2c3ccccc3n(Cc3ccccc3)c12. The molecule has 0 radical (unpaired) electrons. The summed E-state index contributed by atoms with van der Waals surface area (Å²) in [6.07, 6.45) is 0. The van der Waals surface area contributed by atoms with Crippen molar-refractivity contribution < 1.29 is 9.53 Å². The summed E-state index contributed by atoms with van der Waals surface area (Å²) < 4.78 is 7.70. The van der Waals surface area contributed by atoms with Crippen molar-refractivity contribution in [1.29, 1.82) is 0 Å². The van der Waals surface area contributed by atoms with Gasteiger partial charge in [0.05, 0.1) is 5.52 Å². The first-order valence-corrected chi connectivity index (χ1v) is 7.96. The third-order valence-corrected chi connectivity index (χ3v) is 4.19. The van der Waals surface area contributed by atoms with Crippen LogP contribution in [-0.2, 0) is 11.3 Å². The normalized spacial score (nSPS) is 11.0. The summed E-state index contributed by atoms with van der Waals surface area (Å²) >= 11 is 0. The summed E-state index contributed by atoms with van der Waals surface area (Å²) in [6.45, 7) is 2.16. The van der Waals surface area contributed by atoms with E-state index in [1.54, 1.807) is 0 Å². The lowest BCUT2D eigenvalue weighted by atomic mass is 10.1. The van der Waals surface area contributed by atoms with Crippen LogP contribution in [0.15, 0.2) is 72.8 Å². The topological polar surface area (TPSA) is 31.2 Å². The zero-order chi connectivity index (χ0) is 16.5. The largest absolute Gasteiger partial charge is 0.424 e. The number of nitrogens with zero attached hydrogens (tertiary/aromatic N) is 1. The van der Waals surface area contributed by atoms with Crippen molar-refractivity contribution in [3.8, 4) is 5.75 Å². The Morgan fingerprint density at radius 2 is 1.58 bits per heavy atom. The van der Waals surface area contributed by atoms with Crippen molar-refractivity contribution in [2.24, 2.45) is 0 Å². The first-order valence-electron chi connectivity index (χ1n) is 7.96. The summed E-state index contributed by atoms with van der Waals surface area (Å²) in [5.74, 6) is 0.297. The zero-order valence-corrected chi connectivity index (χ0v) is 13.4. The lowest BCUT2D eigenvalue weighted by Gasteiger charge is -2.10. The van der Waals surface area contributed by atoms with Gasteiger partial charge in [0.2, 0.25) is 0 Å². The molecule has 4 rings (SSSR count). The number of carbonyl (C=O) groups is 1. The molecule has 24 heavy (non-hydrogen) atoms. The molecular weight excluding hydrogens is 298 g/mol. The van der Waals surface area contributed by atoms with Crippen molar-refractivity contribution in [3.63, 3.8) is 0 Å². The second-order valence-corrected chi connectivity index (χ2v) is 5.83. The van der Waals surface area contributed by atoms with Gasteiger partial charge < -0.3 is 9.30 Å². The summed E-state index contributed by atoms with van der Waals surface area (Å²) in [7, 11) is 0. The Labute approximate surface area is 140 Å². The molecule has 1 heterocycles. The minimum atomic E-state index is -0.306. The molecule has 0 N–H and O–H groups in total. The van der Waals surface area contributed by atoms with Crippen LogP contribution in [0.5, 0.6) is 5.75 Å². The molecule has 0 saturated carbocycles. The van der Waals surface area contributed by atoms with Crippen molar-refractivity contribution in [3.05, 3.63) is 78.4 Å². The van der Waals surface area contributed by atoms with Crippen molar-refractivity contribution in [2.75, 3.05) is 0 Å². The van der Waals surface area contributed by atoms with E-state index < -0.39 is 0 Å². The van der Waals surface area contributed by atoms with Crippen LogP contribution in [0.25, 0.3) is 21.8 Å². The Morgan fingerprint density at radius 1 is 0.875 bits per heavy atom. The van der Waals surface area contributed by atoms with Crippen molar-refractivity contribution in [1.82, 2.24) is 4.57 Å². The standard InChI is InChI=1S/C21H17NO2/c1-15(23)24-20-13-7-11-18-17-10-5-6-12-19(17)22(21(18)20)14-16-8-3-2-4-9-16/h2-13H,14H2,1H3. The van der Waals surface area contributed by atoms with E-state index in [4.69, 9.17) is 4.74 Å². The predicted octanol–water partition coefficient (Wildman–Crippen LogP) is 4.77. The van der Waals surface area contributed by atoms with Crippen LogP contribution in [-0.4, -0.2) is 10.5 Å². The molecule has 3 aromatic carbocycles. The third-order valence-electron chi connectivity index (χ3n) is 4.19. The molecule has 0 amide bonds. The number of para-hydroxylation sites is 2. The monoisotopic (exact) mass is 315 g/mol. The molecule has 0 spiro atoms. The molecule has 0 bridgehead atoms. The Balaban J connectivity index is 2.02. The second-order valence-electron chi connectivity index (χ2n) is 5.83. The number of ether oxygens (including phenoxy) is 1. The molecule has 1 aromatic heterocycles. The first kappa shape index (κ1) is 14.5. The van der Waals surface area contributed by atoms with Gasteiger partial charge in [0, 0.05) is 29.8 Å². The number of carbonyl (C=O) groups excluding carboxylic acids is 1. The average molecular weight is 315 g/mol. The summed E-state index contributed by atoms with van der Waals surface area (Å²) in [5, 5.41) is 2.26. The van der Waals surface area contributed by atoms with E-state index in [0.29, 0.717) is 5.75 Å². The van der Waals surface area contributed by atoms with Gasteiger partial charge in [-0.2, -0.15) is 0 Å². The summed E-state index contributed by atoms with van der Waals surface area (Å²) in [6, 6.07) is 24.4. The van der Waals surface area contributed by atoms with Gasteiger partial charge in [-0.25, -0.2) is 0 Å². The highest BCUT2D eigenvalue weighted by Gasteiger charge is 2.15. The van der Waals surface area contributed by atoms with Gasteiger partial charge in [-0.05, 0) is 17.7 Å². The maximum Gasteiger partial charge on any atom is 0.308 e. The highest BCUT2D eigenvalue weighted by molar-refractivity contribution is 6.10. The lowest BCUT2D eigenvalue weighted by molar-refractivity contribution is -0.131. The Kier molecular flexibility index (Phi) is 3.54. The molecule has 118 valence electrons. The van der Waals surface area contributed by atoms with Crippen LogP contribution in [0.3, 0.4) is 0 Å². The first-order chi connectivity index (χ1) is 11.7. The van der Waals surface area contributed by atoms with E-state index in [1.165, 1.54) is 12.5 Å². The number of esters is 1. The van der Waals surface area contributed by atoms with E-state index in [-0.39, 0.29) is 5.97 Å². The van der Waals surface area contributed by atoms with E-state index in [0.717, 1.165) is 28.4 Å². The lowest BCUT2D eigenvalue weighted by Crippen LogP contribution is -2.05. The van der Waals surface area contributed by atoms with Gasteiger partial charge >= 0.3 is 5.97 Å². The zero-order valence-electron chi connectivity index (χ0n) is 13.4. The van der Waals surface area contributed by atoms with Gasteiger partial charge in [0.25, 0.3) is 0 Å². The minimum absolute atomic E-state index is 0.306. The summed E-state index contributed by atoms with van der Waals surface area (Å²) in [4.78, 5) is 11.5. The predicted molar refractivity (Wildman–Crippen MR) is 96.3 cm³/mol. The molecule has 0 unspecified atom stereocenters. The van der Waals surface area contributed by atoms with Gasteiger partial charge in [-0.1, -0.05) is 60.7 Å². The fourth-order valence-electron chi connectivity index (χ4n) is 3.24. The van der Waals surface area contributed by atoms with E-state index in [9.17, 15) is 4.79 Å². The third kappa shape index (κ3) is 2.44. The van der Waals surface area contributed by atoms with Crippen LogP contribution < -0.4 is 4.74 Å². The van der Waals surface area contributed by atoms with Crippen LogP contribution in [0, 0.1) is 0 Å². The molecule has 0 saturated heterocycles. The van der Waals surface area contributed by atoms with E-state index in [2.05, 4.69) is 34.9 Å². The quantitative estimate of drug-likeness (QED) is 0.403. The highest BCUT2D eigenvalue weighted by atomic mass is 16.5. The van der Waals surface area contributed by atoms with Gasteiger partial charge in [0.1, 0.15) is 0 Å². The van der Waals surface area contributed by atoms with Gasteiger partial charge in [-0.15, -0.1) is 0 Å². The average Bonchev–Trinajstić information content (AvgIpc) is 2.91.